The van der Waals surface area contributed by atoms with Gasteiger partial charge in [0, 0.05) is 18.5 Å². The average Bonchev–Trinajstić information content (AvgIpc) is 2.33. The highest BCUT2D eigenvalue weighted by Crippen LogP contribution is 2.29. The lowest BCUT2D eigenvalue weighted by atomic mass is 9.85. The minimum absolute atomic E-state index is 0.00231. The van der Waals surface area contributed by atoms with Gasteiger partial charge in [-0.2, -0.15) is 0 Å². The van der Waals surface area contributed by atoms with Gasteiger partial charge < -0.3 is 5.32 Å². The third-order valence-electron chi connectivity index (χ3n) is 3.27. The molecule has 0 amide bonds. The third kappa shape index (κ3) is 4.43. The minimum atomic E-state index is -0.811. The molecule has 1 aromatic carbocycles. The summed E-state index contributed by atoms with van der Waals surface area (Å²) in [4.78, 5) is 0. The predicted octanol–water partition coefficient (Wildman–Crippen LogP) is 4.26. The van der Waals surface area contributed by atoms with Crippen molar-refractivity contribution in [2.45, 2.75) is 39.7 Å². The molecular weight excluding hydrogens is 244 g/mol. The van der Waals surface area contributed by atoms with Gasteiger partial charge in [-0.05, 0) is 23.6 Å². The Balaban J connectivity index is 3.00. The molecule has 1 aromatic rings. The maximum atomic E-state index is 13.4. The molecule has 0 saturated heterocycles. The van der Waals surface area contributed by atoms with Gasteiger partial charge in [-0.25, -0.2) is 8.78 Å². The molecule has 0 bridgehead atoms. The predicted molar refractivity (Wildman–Crippen MR) is 76.2 cm³/mol. The molecule has 19 heavy (non-hydrogen) atoms. The third-order valence-corrected chi connectivity index (χ3v) is 3.27. The van der Waals surface area contributed by atoms with E-state index in [4.69, 9.17) is 0 Å². The van der Waals surface area contributed by atoms with Crippen LogP contribution in [0.15, 0.2) is 30.4 Å². The fraction of sp³-hybridized carbons (Fsp3) is 0.500. The Kier molecular flexibility index (Phi) is 5.67. The normalized spacial score (nSPS) is 13.1. The zero-order chi connectivity index (χ0) is 14.6. The van der Waals surface area contributed by atoms with Crippen LogP contribution in [-0.2, 0) is 0 Å². The molecule has 1 N–H and O–H groups in total. The van der Waals surface area contributed by atoms with E-state index >= 15 is 0 Å². The maximum absolute atomic E-state index is 13.4. The van der Waals surface area contributed by atoms with Gasteiger partial charge in [0.1, 0.15) is 0 Å². The molecule has 0 radical (unpaired) electrons. The second-order valence-electron chi connectivity index (χ2n) is 5.52. The number of hydrogen-bond acceptors (Lipinski definition) is 1. The van der Waals surface area contributed by atoms with E-state index in [1.165, 1.54) is 12.1 Å². The largest absolute Gasteiger partial charge is 0.314 e. The summed E-state index contributed by atoms with van der Waals surface area (Å²) in [6.45, 7) is 13.0. The second kappa shape index (κ2) is 6.80. The van der Waals surface area contributed by atoms with Crippen LogP contribution in [0.5, 0.6) is 0 Å². The van der Waals surface area contributed by atoms with Crippen LogP contribution in [-0.4, -0.2) is 12.6 Å². The van der Waals surface area contributed by atoms with Gasteiger partial charge >= 0.3 is 0 Å². The van der Waals surface area contributed by atoms with Crippen molar-refractivity contribution in [1.29, 1.82) is 0 Å². The van der Waals surface area contributed by atoms with Gasteiger partial charge in [0.2, 0.25) is 0 Å². The summed E-state index contributed by atoms with van der Waals surface area (Å²) in [5, 5.41) is 3.34. The summed E-state index contributed by atoms with van der Waals surface area (Å²) in [6, 6.07) is 4.43. The molecule has 0 fully saturated rings. The minimum Gasteiger partial charge on any atom is -0.314 e. The van der Waals surface area contributed by atoms with Gasteiger partial charge in [0.05, 0.1) is 0 Å². The SMILES string of the molecule is C=C(C(C)C)C(CNC(C)C)c1ccc(F)c(F)c1. The molecule has 0 spiro atoms. The summed E-state index contributed by atoms with van der Waals surface area (Å²) >= 11 is 0. The smallest absolute Gasteiger partial charge is 0.159 e. The zero-order valence-corrected chi connectivity index (χ0v) is 12.1. The maximum Gasteiger partial charge on any atom is 0.159 e. The van der Waals surface area contributed by atoms with Gasteiger partial charge in [0.25, 0.3) is 0 Å². The number of rotatable bonds is 6. The van der Waals surface area contributed by atoms with Crippen molar-refractivity contribution < 1.29 is 8.78 Å². The highest BCUT2D eigenvalue weighted by molar-refractivity contribution is 5.30. The van der Waals surface area contributed by atoms with E-state index in [2.05, 4.69) is 39.6 Å². The number of halogens is 2. The first-order valence-electron chi connectivity index (χ1n) is 6.70. The Labute approximate surface area is 114 Å². The molecule has 0 aliphatic carbocycles. The van der Waals surface area contributed by atoms with Gasteiger partial charge in [0.15, 0.2) is 11.6 Å². The van der Waals surface area contributed by atoms with Gasteiger partial charge in [-0.1, -0.05) is 45.9 Å². The molecule has 3 heteroatoms. The van der Waals surface area contributed by atoms with E-state index in [9.17, 15) is 8.78 Å². The summed E-state index contributed by atoms with van der Waals surface area (Å²) in [5.74, 6) is -1.32. The highest BCUT2D eigenvalue weighted by Gasteiger charge is 2.19. The summed E-state index contributed by atoms with van der Waals surface area (Å²) in [5.41, 5.74) is 1.80. The monoisotopic (exact) mass is 267 g/mol. The Bertz CT molecular complexity index is 438. The zero-order valence-electron chi connectivity index (χ0n) is 12.1. The van der Waals surface area contributed by atoms with E-state index in [0.717, 1.165) is 11.1 Å². The van der Waals surface area contributed by atoms with Crippen LogP contribution < -0.4 is 5.32 Å². The van der Waals surface area contributed by atoms with Crippen LogP contribution >= 0.6 is 0 Å². The van der Waals surface area contributed by atoms with Crippen molar-refractivity contribution in [2.24, 2.45) is 5.92 Å². The summed E-state index contributed by atoms with van der Waals surface area (Å²) < 4.78 is 26.4. The molecule has 1 rings (SSSR count). The second-order valence-corrected chi connectivity index (χ2v) is 5.52. The Morgan fingerprint density at radius 3 is 2.26 bits per heavy atom. The van der Waals surface area contributed by atoms with Gasteiger partial charge in [-0.15, -0.1) is 0 Å². The van der Waals surface area contributed by atoms with Crippen LogP contribution in [0, 0.1) is 17.6 Å². The molecule has 1 unspecified atom stereocenters. The van der Waals surface area contributed by atoms with Crippen molar-refractivity contribution in [3.63, 3.8) is 0 Å². The Hall–Kier alpha value is -1.22. The molecule has 0 aliphatic rings. The fourth-order valence-corrected chi connectivity index (χ4v) is 1.95. The van der Waals surface area contributed by atoms with Crippen molar-refractivity contribution in [3.8, 4) is 0 Å². The Morgan fingerprint density at radius 2 is 1.79 bits per heavy atom. The topological polar surface area (TPSA) is 12.0 Å². The fourth-order valence-electron chi connectivity index (χ4n) is 1.95. The Morgan fingerprint density at radius 1 is 1.16 bits per heavy atom. The molecule has 106 valence electrons. The number of hydrogen-bond donors (Lipinski definition) is 1. The standard InChI is InChI=1S/C16H23F2N/c1-10(2)12(5)14(9-19-11(3)4)13-6-7-15(17)16(18)8-13/h6-8,10-11,14,19H,5,9H2,1-4H3. The lowest BCUT2D eigenvalue weighted by Gasteiger charge is -2.24. The molecule has 0 heterocycles. The molecule has 1 atom stereocenters. The van der Waals surface area contributed by atoms with Crippen molar-refractivity contribution in [3.05, 3.63) is 47.5 Å². The highest BCUT2D eigenvalue weighted by atomic mass is 19.2. The van der Waals surface area contributed by atoms with E-state index in [-0.39, 0.29) is 5.92 Å². The summed E-state index contributed by atoms with van der Waals surface area (Å²) in [7, 11) is 0. The lowest BCUT2D eigenvalue weighted by Crippen LogP contribution is -2.29. The number of benzene rings is 1. The van der Waals surface area contributed by atoms with E-state index in [1.807, 2.05) is 0 Å². The quantitative estimate of drug-likeness (QED) is 0.759. The van der Waals surface area contributed by atoms with Crippen LogP contribution in [0.2, 0.25) is 0 Å². The van der Waals surface area contributed by atoms with Crippen LogP contribution in [0.25, 0.3) is 0 Å². The van der Waals surface area contributed by atoms with E-state index < -0.39 is 11.6 Å². The van der Waals surface area contributed by atoms with Crippen LogP contribution in [0.4, 0.5) is 8.78 Å². The first kappa shape index (κ1) is 15.8. The molecule has 0 aliphatic heterocycles. The van der Waals surface area contributed by atoms with Gasteiger partial charge in [-0.3, -0.25) is 0 Å². The van der Waals surface area contributed by atoms with E-state index in [0.29, 0.717) is 18.5 Å². The summed E-state index contributed by atoms with van der Waals surface area (Å²) in [6.07, 6.45) is 0. The number of nitrogens with one attached hydrogen (secondary N) is 1. The molecule has 0 aromatic heterocycles. The van der Waals surface area contributed by atoms with Crippen molar-refractivity contribution in [1.82, 2.24) is 5.32 Å². The van der Waals surface area contributed by atoms with Crippen LogP contribution in [0.1, 0.15) is 39.2 Å². The van der Waals surface area contributed by atoms with Crippen molar-refractivity contribution >= 4 is 0 Å². The molecule has 1 nitrogen and oxygen atoms in total. The molecule has 0 saturated carbocycles. The first-order valence-corrected chi connectivity index (χ1v) is 6.70. The average molecular weight is 267 g/mol. The first-order chi connectivity index (χ1) is 8.82. The van der Waals surface area contributed by atoms with Crippen LogP contribution in [0.3, 0.4) is 0 Å². The molecular formula is C16H23F2N. The van der Waals surface area contributed by atoms with Crippen molar-refractivity contribution in [2.75, 3.05) is 6.54 Å². The van der Waals surface area contributed by atoms with E-state index in [1.54, 1.807) is 6.07 Å². The lowest BCUT2D eigenvalue weighted by molar-refractivity contribution is 0.500.